The molecule has 4 aliphatic carbocycles. The van der Waals surface area contributed by atoms with E-state index in [9.17, 15) is 0 Å². The van der Waals surface area contributed by atoms with Crippen LogP contribution in [0.15, 0.2) is 409 Å². The lowest BCUT2D eigenvalue weighted by Gasteiger charge is -2.31. The van der Waals surface area contributed by atoms with Crippen LogP contribution in [0.5, 0.6) is 0 Å². The average Bonchev–Trinajstić information content (AvgIpc) is 1.51. The molecule has 3 heterocycles. The van der Waals surface area contributed by atoms with Crippen molar-refractivity contribution in [1.82, 2.24) is 19.9 Å². The van der Waals surface area contributed by atoms with Gasteiger partial charge in [0.1, 0.15) is 11.0 Å². The summed E-state index contributed by atoms with van der Waals surface area (Å²) in [5.74, 6) is 1.15. The lowest BCUT2D eigenvalue weighted by atomic mass is 9.70. The first-order valence-electron chi connectivity index (χ1n) is 39.6. The van der Waals surface area contributed by atoms with Crippen LogP contribution in [0.3, 0.4) is 0 Å². The van der Waals surface area contributed by atoms with Crippen molar-refractivity contribution in [3.63, 3.8) is 0 Å². The number of hydrogen-bond donors (Lipinski definition) is 0. The van der Waals surface area contributed by atoms with E-state index in [0.717, 1.165) is 123 Å². The number of hydrogen-bond acceptors (Lipinski definition) is 8. The number of para-hydroxylation sites is 6. The summed E-state index contributed by atoms with van der Waals surface area (Å²) in [5, 5.41) is 0. The minimum absolute atomic E-state index is 0.575. The van der Waals surface area contributed by atoms with Gasteiger partial charge in [0.25, 0.3) is 0 Å². The van der Waals surface area contributed by atoms with Crippen LogP contribution >= 0.6 is 0 Å². The number of nitrogens with zero attached hydrogens (tertiary/aromatic N) is 6. The number of rotatable bonds is 12. The Labute approximate surface area is 669 Å². The molecule has 0 N–H and O–H groups in total. The second-order valence-electron chi connectivity index (χ2n) is 30.6. The van der Waals surface area contributed by atoms with Crippen LogP contribution in [0.4, 0.5) is 34.1 Å². The van der Waals surface area contributed by atoms with Gasteiger partial charge < -0.3 is 18.6 Å². The van der Waals surface area contributed by atoms with Crippen molar-refractivity contribution in [3.8, 4) is 112 Å². The first-order chi connectivity index (χ1) is 57.5. The van der Waals surface area contributed by atoms with Gasteiger partial charge in [-0.2, -0.15) is 0 Å². The molecule has 0 amide bonds. The zero-order valence-corrected chi connectivity index (χ0v) is 62.6. The van der Waals surface area contributed by atoms with Crippen molar-refractivity contribution < 1.29 is 8.83 Å². The van der Waals surface area contributed by atoms with Crippen molar-refractivity contribution in [2.24, 2.45) is 0 Å². The van der Waals surface area contributed by atoms with Gasteiger partial charge in [-0.15, -0.1) is 0 Å². The van der Waals surface area contributed by atoms with E-state index in [-0.39, 0.29) is 0 Å². The zero-order valence-electron chi connectivity index (χ0n) is 62.6. The van der Waals surface area contributed by atoms with Gasteiger partial charge in [-0.3, -0.25) is 0 Å². The van der Waals surface area contributed by atoms with Crippen LogP contribution in [0.2, 0.25) is 0 Å². The van der Waals surface area contributed by atoms with Crippen LogP contribution in [-0.4, -0.2) is 19.9 Å². The molecule has 0 aliphatic heterocycles. The summed E-state index contributed by atoms with van der Waals surface area (Å²) in [7, 11) is 0. The minimum atomic E-state index is -0.575. The highest BCUT2D eigenvalue weighted by Crippen LogP contribution is 2.66. The second-order valence-corrected chi connectivity index (χ2v) is 30.6. The Morgan fingerprint density at radius 1 is 0.181 bits per heavy atom. The molecule has 0 unspecified atom stereocenters. The number of benzene rings is 17. The number of anilines is 6. The van der Waals surface area contributed by atoms with Crippen LogP contribution in [-0.2, 0) is 10.8 Å². The van der Waals surface area contributed by atoms with Crippen LogP contribution in [0, 0.1) is 0 Å². The van der Waals surface area contributed by atoms with E-state index < -0.39 is 10.8 Å². The predicted octanol–water partition coefficient (Wildman–Crippen LogP) is 27.5. The predicted molar refractivity (Wildman–Crippen MR) is 469 cm³/mol. The quantitative estimate of drug-likeness (QED) is 0.120. The summed E-state index contributed by atoms with van der Waals surface area (Å²) < 4.78 is 12.5. The smallest absolute Gasteiger partial charge is 0.227 e. The molecule has 0 saturated carbocycles. The van der Waals surface area contributed by atoms with E-state index in [1.807, 2.05) is 48.5 Å². The van der Waals surface area contributed by atoms with Crippen LogP contribution in [0.25, 0.3) is 145 Å². The molecular formula is C108H66N6O2. The van der Waals surface area contributed by atoms with E-state index in [2.05, 4.69) is 362 Å². The van der Waals surface area contributed by atoms with E-state index >= 15 is 0 Å². The van der Waals surface area contributed by atoms with Gasteiger partial charge in [0.15, 0.2) is 11.2 Å². The summed E-state index contributed by atoms with van der Waals surface area (Å²) in [6.07, 6.45) is 0. The molecule has 4 aliphatic rings. The maximum atomic E-state index is 6.26. The number of aromatic nitrogens is 4. The largest absolute Gasteiger partial charge is 0.436 e. The molecule has 0 radical (unpaired) electrons. The first kappa shape index (κ1) is 65.3. The molecule has 0 fully saturated rings. The molecule has 3 aromatic heterocycles. The fraction of sp³-hybridized carbons (Fsp3) is 0.0185. The Balaban J connectivity index is 0.714. The molecule has 20 aromatic rings. The summed E-state index contributed by atoms with van der Waals surface area (Å²) >= 11 is 0. The lowest BCUT2D eigenvalue weighted by molar-refractivity contribution is 0.619. The Morgan fingerprint density at radius 2 is 0.440 bits per heavy atom. The van der Waals surface area contributed by atoms with E-state index in [4.69, 9.17) is 28.8 Å². The molecule has 8 nitrogen and oxygen atoms in total. The van der Waals surface area contributed by atoms with Gasteiger partial charge in [0.05, 0.1) is 33.3 Å². The molecular weight excluding hydrogens is 1410 g/mol. The highest BCUT2D eigenvalue weighted by molar-refractivity contribution is 6.03. The van der Waals surface area contributed by atoms with Crippen molar-refractivity contribution >= 4 is 67.4 Å². The van der Waals surface area contributed by atoms with Gasteiger partial charge in [0.2, 0.25) is 11.8 Å². The topological polar surface area (TPSA) is 84.3 Å². The van der Waals surface area contributed by atoms with Crippen molar-refractivity contribution in [2.75, 3.05) is 9.80 Å². The summed E-state index contributed by atoms with van der Waals surface area (Å²) in [4.78, 5) is 26.3. The number of oxazole rings is 2. The highest BCUT2D eigenvalue weighted by atomic mass is 16.4. The fourth-order valence-electron chi connectivity index (χ4n) is 19.6. The Hall–Kier alpha value is -15.4. The third-order valence-electron chi connectivity index (χ3n) is 24.6. The molecule has 2 spiro atoms. The average molecular weight is 1480 g/mol. The van der Waals surface area contributed by atoms with Gasteiger partial charge in [-0.1, -0.05) is 255 Å². The molecule has 116 heavy (non-hydrogen) atoms. The lowest BCUT2D eigenvalue weighted by Crippen LogP contribution is -2.25. The standard InChI is InChI=1S/C108H66N6O2/c1-3-23-73(24-4-1)113(77-57-47-69(48-58-77)105-111-97-39-19-21-41-101(97)115-105)75-53-43-67(44-54-75)103-104(68-45-55-76(56-46-68)114(74-25-5-2-6-26-74)78-59-49-70(50-60-78)106-112-98-40-20-22-42-102(98)116-106)110-100-66-88(72-52-62-86-84-32-12-18-38-94(84)108(96(86)64-72)91-35-15-9-29-81(91)82-30-10-16-36-92(82)108)87(65-99(100)109-103)71-51-61-85-83-31-11-17-37-93(83)107(95(85)63-71)89-33-13-7-27-79(89)80-28-8-14-34-90(80)107/h1-66H. The maximum Gasteiger partial charge on any atom is 0.227 e. The van der Waals surface area contributed by atoms with Gasteiger partial charge in [-0.05, 0) is 257 Å². The van der Waals surface area contributed by atoms with E-state index in [0.29, 0.717) is 11.8 Å². The second kappa shape index (κ2) is 25.6. The van der Waals surface area contributed by atoms with Gasteiger partial charge >= 0.3 is 0 Å². The molecule has 0 saturated heterocycles. The zero-order chi connectivity index (χ0) is 76.2. The van der Waals surface area contributed by atoms with E-state index in [1.54, 1.807) is 0 Å². The number of fused-ring (bicyclic) bond motifs is 23. The molecule has 540 valence electrons. The van der Waals surface area contributed by atoms with Gasteiger partial charge in [-0.25, -0.2) is 19.9 Å². The highest BCUT2D eigenvalue weighted by Gasteiger charge is 2.53. The fourth-order valence-corrected chi connectivity index (χ4v) is 19.6. The normalized spacial score (nSPS) is 13.1. The van der Waals surface area contributed by atoms with Crippen molar-refractivity contribution in [3.05, 3.63) is 445 Å². The Kier molecular flexibility index (Phi) is 14.4. The van der Waals surface area contributed by atoms with Crippen molar-refractivity contribution in [2.45, 2.75) is 10.8 Å². The third kappa shape index (κ3) is 9.74. The summed E-state index contributed by atoms with van der Waals surface area (Å²) in [5.41, 5.74) is 39.2. The molecule has 17 aromatic carbocycles. The molecule has 0 atom stereocenters. The van der Waals surface area contributed by atoms with Gasteiger partial charge in [0, 0.05) is 56.4 Å². The van der Waals surface area contributed by atoms with Crippen molar-refractivity contribution in [1.29, 1.82) is 0 Å². The Bertz CT molecular complexity index is 6760. The minimum Gasteiger partial charge on any atom is -0.436 e. The van der Waals surface area contributed by atoms with E-state index in [1.165, 1.54) is 89.0 Å². The molecule has 24 rings (SSSR count). The van der Waals surface area contributed by atoms with Crippen LogP contribution < -0.4 is 9.80 Å². The summed E-state index contributed by atoms with van der Waals surface area (Å²) in [6, 6.07) is 145. The third-order valence-corrected chi connectivity index (χ3v) is 24.6. The van der Waals surface area contributed by atoms with Crippen LogP contribution in [0.1, 0.15) is 44.5 Å². The molecule has 8 heteroatoms. The maximum absolute atomic E-state index is 6.26. The monoisotopic (exact) mass is 1480 g/mol. The SMILES string of the molecule is c1ccc(N(c2ccc(-c3nc4ccccc4o3)cc2)c2ccc(-c3nc4cc(-c5ccc6c(c5)C5(c7ccccc7-c7ccccc75)c5ccccc5-6)c(-c5ccc6c(c5)C5(c7ccccc7-c7ccccc75)c5ccccc5-6)cc4nc3-c3ccc(N(c4ccccc4)c4ccc(-c5nc6ccccc6o5)cc4)cc3)cc2)cc1. The Morgan fingerprint density at radius 3 is 0.759 bits per heavy atom. The molecule has 0 bridgehead atoms. The first-order valence-corrected chi connectivity index (χ1v) is 39.6. The summed E-state index contributed by atoms with van der Waals surface area (Å²) in [6.45, 7) is 0.